The number of rotatable bonds is 8. The third-order valence-electron chi connectivity index (χ3n) is 2.74. The molecule has 0 aliphatic carbocycles. The monoisotopic (exact) mass is 275 g/mol. The van der Waals surface area contributed by atoms with Gasteiger partial charge in [-0.2, -0.15) is 5.10 Å². The fraction of sp³-hybridized carbons (Fsp3) is 0.727. The molecule has 0 amide bonds. The zero-order valence-corrected chi connectivity index (χ0v) is 11.9. The smallest absolute Gasteiger partial charge is 0.0834 e. The average Bonchev–Trinajstić information content (AvgIpc) is 2.69. The summed E-state index contributed by atoms with van der Waals surface area (Å²) in [5.41, 5.74) is 3.72. The van der Waals surface area contributed by atoms with Crippen LogP contribution < -0.4 is 11.3 Å². The summed E-state index contributed by atoms with van der Waals surface area (Å²) in [4.78, 5) is 2.11. The topological polar surface area (TPSA) is 68.3 Å². The van der Waals surface area contributed by atoms with Crippen LogP contribution in [0.3, 0.4) is 0 Å². The molecule has 6 nitrogen and oxygen atoms in total. The zero-order valence-electron chi connectivity index (χ0n) is 11.2. The van der Waals surface area contributed by atoms with E-state index in [1.165, 1.54) is 0 Å². The number of hydrogen-bond acceptors (Lipinski definition) is 5. The molecular formula is C11H22ClN5O. The molecule has 1 heterocycles. The van der Waals surface area contributed by atoms with Crippen molar-refractivity contribution in [3.05, 3.63) is 16.9 Å². The standard InChI is InChI=1S/C11H22ClN5O/c1-16(2)5-4-10(15-13)11-9(12)8-14-17(11)6-7-18-3/h8,10,15H,4-7,13H2,1-3H3. The van der Waals surface area contributed by atoms with E-state index in [1.807, 2.05) is 18.8 Å². The molecule has 0 spiro atoms. The fourth-order valence-corrected chi connectivity index (χ4v) is 2.03. The molecule has 3 N–H and O–H groups in total. The van der Waals surface area contributed by atoms with Crippen LogP contribution in [0.2, 0.25) is 5.02 Å². The predicted octanol–water partition coefficient (Wildman–Crippen LogP) is 0.639. The van der Waals surface area contributed by atoms with Crippen molar-refractivity contribution in [3.8, 4) is 0 Å². The minimum absolute atomic E-state index is 0.0146. The van der Waals surface area contributed by atoms with E-state index in [4.69, 9.17) is 22.2 Å². The molecule has 1 aromatic heterocycles. The molecule has 1 atom stereocenters. The molecule has 104 valence electrons. The molecule has 0 saturated carbocycles. The van der Waals surface area contributed by atoms with E-state index in [2.05, 4.69) is 15.4 Å². The number of halogens is 1. The Morgan fingerprint density at radius 3 is 2.89 bits per heavy atom. The molecule has 1 aromatic rings. The van der Waals surface area contributed by atoms with Crippen LogP contribution in [0.5, 0.6) is 0 Å². The minimum Gasteiger partial charge on any atom is -0.383 e. The molecule has 0 radical (unpaired) electrons. The lowest BCUT2D eigenvalue weighted by molar-refractivity contribution is 0.181. The van der Waals surface area contributed by atoms with Gasteiger partial charge in [0, 0.05) is 7.11 Å². The molecule has 0 fully saturated rings. The maximum absolute atomic E-state index is 6.18. The average molecular weight is 276 g/mol. The summed E-state index contributed by atoms with van der Waals surface area (Å²) in [5.74, 6) is 5.62. The number of hydrogen-bond donors (Lipinski definition) is 2. The van der Waals surface area contributed by atoms with E-state index >= 15 is 0 Å². The maximum Gasteiger partial charge on any atom is 0.0834 e. The van der Waals surface area contributed by atoms with Crippen LogP contribution >= 0.6 is 11.6 Å². The quantitative estimate of drug-likeness (QED) is 0.538. The van der Waals surface area contributed by atoms with Gasteiger partial charge < -0.3 is 9.64 Å². The first-order valence-corrected chi connectivity index (χ1v) is 6.29. The Balaban J connectivity index is 2.79. The number of nitrogens with one attached hydrogen (secondary N) is 1. The lowest BCUT2D eigenvalue weighted by Crippen LogP contribution is -2.32. The first-order chi connectivity index (χ1) is 8.60. The van der Waals surface area contributed by atoms with E-state index in [9.17, 15) is 0 Å². The van der Waals surface area contributed by atoms with Crippen LogP contribution in [-0.2, 0) is 11.3 Å². The highest BCUT2D eigenvalue weighted by atomic mass is 35.5. The Hall–Kier alpha value is -0.660. The highest BCUT2D eigenvalue weighted by Gasteiger charge is 2.19. The van der Waals surface area contributed by atoms with E-state index in [1.54, 1.807) is 13.3 Å². The third kappa shape index (κ3) is 4.22. The molecular weight excluding hydrogens is 254 g/mol. The van der Waals surface area contributed by atoms with Gasteiger partial charge in [0.1, 0.15) is 0 Å². The summed E-state index contributed by atoms with van der Waals surface area (Å²) in [6.45, 7) is 2.18. The summed E-state index contributed by atoms with van der Waals surface area (Å²) >= 11 is 6.18. The van der Waals surface area contributed by atoms with Gasteiger partial charge in [0.25, 0.3) is 0 Å². The van der Waals surface area contributed by atoms with E-state index in [0.717, 1.165) is 18.7 Å². The summed E-state index contributed by atoms with van der Waals surface area (Å²) in [7, 11) is 5.71. The molecule has 0 aliphatic rings. The lowest BCUT2D eigenvalue weighted by Gasteiger charge is -2.20. The highest BCUT2D eigenvalue weighted by molar-refractivity contribution is 6.31. The van der Waals surface area contributed by atoms with Crippen LogP contribution in [0.15, 0.2) is 6.20 Å². The normalized spacial score (nSPS) is 13.2. The summed E-state index contributed by atoms with van der Waals surface area (Å²) in [5, 5.41) is 4.88. The fourth-order valence-electron chi connectivity index (χ4n) is 1.76. The third-order valence-corrected chi connectivity index (χ3v) is 3.03. The van der Waals surface area contributed by atoms with Crippen LogP contribution in [0, 0.1) is 0 Å². The Labute approximate surface area is 113 Å². The second-order valence-corrected chi connectivity index (χ2v) is 4.81. The second kappa shape index (κ2) is 7.70. The summed E-state index contributed by atoms with van der Waals surface area (Å²) in [6.07, 6.45) is 2.51. The van der Waals surface area contributed by atoms with Gasteiger partial charge in [-0.3, -0.25) is 16.0 Å². The van der Waals surface area contributed by atoms with Crippen LogP contribution in [0.1, 0.15) is 18.2 Å². The van der Waals surface area contributed by atoms with Gasteiger partial charge in [-0.15, -0.1) is 0 Å². The van der Waals surface area contributed by atoms with Crippen molar-refractivity contribution in [2.24, 2.45) is 5.84 Å². The molecule has 1 rings (SSSR count). The zero-order chi connectivity index (χ0) is 13.5. The maximum atomic E-state index is 6.18. The van der Waals surface area contributed by atoms with Crippen molar-refractivity contribution in [3.63, 3.8) is 0 Å². The molecule has 7 heteroatoms. The van der Waals surface area contributed by atoms with E-state index in [-0.39, 0.29) is 6.04 Å². The number of methoxy groups -OCH3 is 1. The second-order valence-electron chi connectivity index (χ2n) is 4.40. The van der Waals surface area contributed by atoms with Gasteiger partial charge in [0.15, 0.2) is 0 Å². The van der Waals surface area contributed by atoms with Crippen molar-refractivity contribution in [2.75, 3.05) is 34.4 Å². The summed E-state index contributed by atoms with van der Waals surface area (Å²) < 4.78 is 6.90. The van der Waals surface area contributed by atoms with Crippen molar-refractivity contribution >= 4 is 11.6 Å². The van der Waals surface area contributed by atoms with Crippen LogP contribution in [0.4, 0.5) is 0 Å². The van der Waals surface area contributed by atoms with Crippen LogP contribution in [0.25, 0.3) is 0 Å². The first kappa shape index (κ1) is 15.4. The molecule has 0 aliphatic heterocycles. The van der Waals surface area contributed by atoms with Gasteiger partial charge in [-0.1, -0.05) is 11.6 Å². The van der Waals surface area contributed by atoms with Crippen molar-refractivity contribution in [2.45, 2.75) is 19.0 Å². The Bertz CT molecular complexity index is 355. The summed E-state index contributed by atoms with van der Waals surface area (Å²) in [6, 6.07) is -0.0146. The number of hydrazine groups is 1. The molecule has 0 aromatic carbocycles. The van der Waals surface area contributed by atoms with Gasteiger partial charge in [0.05, 0.1) is 36.1 Å². The van der Waals surface area contributed by atoms with Crippen molar-refractivity contribution in [1.82, 2.24) is 20.1 Å². The van der Waals surface area contributed by atoms with Crippen LogP contribution in [-0.4, -0.2) is 49.0 Å². The van der Waals surface area contributed by atoms with Gasteiger partial charge in [0.2, 0.25) is 0 Å². The Morgan fingerprint density at radius 2 is 2.33 bits per heavy atom. The minimum atomic E-state index is -0.0146. The first-order valence-electron chi connectivity index (χ1n) is 5.91. The van der Waals surface area contributed by atoms with Gasteiger partial charge in [-0.25, -0.2) is 0 Å². The Kier molecular flexibility index (Phi) is 6.59. The largest absolute Gasteiger partial charge is 0.383 e. The number of nitrogens with zero attached hydrogens (tertiary/aromatic N) is 3. The van der Waals surface area contributed by atoms with Gasteiger partial charge >= 0.3 is 0 Å². The number of aromatic nitrogens is 2. The van der Waals surface area contributed by atoms with E-state index < -0.39 is 0 Å². The van der Waals surface area contributed by atoms with Crippen molar-refractivity contribution < 1.29 is 4.74 Å². The molecule has 0 saturated heterocycles. The molecule has 0 bridgehead atoms. The Morgan fingerprint density at radius 1 is 1.61 bits per heavy atom. The van der Waals surface area contributed by atoms with Crippen molar-refractivity contribution in [1.29, 1.82) is 0 Å². The lowest BCUT2D eigenvalue weighted by atomic mass is 10.1. The SMILES string of the molecule is COCCn1ncc(Cl)c1C(CCN(C)C)NN. The highest BCUT2D eigenvalue weighted by Crippen LogP contribution is 2.24. The molecule has 18 heavy (non-hydrogen) atoms. The number of ether oxygens (including phenoxy) is 1. The molecule has 1 unspecified atom stereocenters. The van der Waals surface area contributed by atoms with E-state index in [0.29, 0.717) is 18.2 Å². The van der Waals surface area contributed by atoms with Gasteiger partial charge in [-0.05, 0) is 27.1 Å². The predicted molar refractivity (Wildman–Crippen MR) is 72.3 cm³/mol. The number of nitrogens with two attached hydrogens (primary N) is 1.